The molecule has 4 nitrogen and oxygen atoms in total. The Morgan fingerprint density at radius 2 is 2.00 bits per heavy atom. The molecule has 18 heavy (non-hydrogen) atoms. The Labute approximate surface area is 106 Å². The molecule has 1 aliphatic heterocycles. The maximum atomic E-state index is 11.7. The summed E-state index contributed by atoms with van der Waals surface area (Å²) in [5.41, 5.74) is 2.17. The molecule has 1 aromatic rings. The fourth-order valence-electron chi connectivity index (χ4n) is 1.98. The second kappa shape index (κ2) is 5.80. The van der Waals surface area contributed by atoms with E-state index in [0.29, 0.717) is 18.8 Å². The Bertz CT molecular complexity index is 459. The highest BCUT2D eigenvalue weighted by Gasteiger charge is 2.24. The van der Waals surface area contributed by atoms with Crippen molar-refractivity contribution in [3.63, 3.8) is 0 Å². The highest BCUT2D eigenvalue weighted by molar-refractivity contribution is 6.16. The molecular formula is C14H16O4. The highest BCUT2D eigenvalue weighted by atomic mass is 16.7. The third-order valence-electron chi connectivity index (χ3n) is 2.82. The Kier molecular flexibility index (Phi) is 4.12. The van der Waals surface area contributed by atoms with Gasteiger partial charge in [-0.2, -0.15) is 0 Å². The zero-order valence-corrected chi connectivity index (χ0v) is 10.5. The predicted molar refractivity (Wildman–Crippen MR) is 66.8 cm³/mol. The van der Waals surface area contributed by atoms with Gasteiger partial charge in [-0.05, 0) is 12.5 Å². The molecular weight excluding hydrogens is 232 g/mol. The Hall–Kier alpha value is -1.65. The number of rotatable bonds is 3. The van der Waals surface area contributed by atoms with Crippen molar-refractivity contribution in [1.29, 1.82) is 0 Å². The number of hydrogen-bond acceptors (Lipinski definition) is 4. The average molecular weight is 248 g/mol. The maximum absolute atomic E-state index is 11.7. The maximum Gasteiger partial charge on any atom is 0.338 e. The summed E-state index contributed by atoms with van der Waals surface area (Å²) in [5.74, 6) is -0.358. The molecule has 0 spiro atoms. The van der Waals surface area contributed by atoms with Gasteiger partial charge in [0.2, 0.25) is 0 Å². The minimum absolute atomic E-state index is 0.358. The third-order valence-corrected chi connectivity index (χ3v) is 2.82. The van der Waals surface area contributed by atoms with Crippen LogP contribution in [-0.4, -0.2) is 26.3 Å². The molecule has 1 aliphatic rings. The lowest BCUT2D eigenvalue weighted by atomic mass is 9.99. The van der Waals surface area contributed by atoms with Crippen molar-refractivity contribution >= 4 is 11.5 Å². The van der Waals surface area contributed by atoms with Crippen LogP contribution in [-0.2, 0) is 19.0 Å². The zero-order chi connectivity index (χ0) is 13.0. The molecule has 1 saturated heterocycles. The smallest absolute Gasteiger partial charge is 0.338 e. The number of methoxy groups -OCH3 is 1. The first-order chi connectivity index (χ1) is 8.77. The van der Waals surface area contributed by atoms with Gasteiger partial charge in [0, 0.05) is 5.56 Å². The number of hydrogen-bond donors (Lipinski definition) is 0. The van der Waals surface area contributed by atoms with Gasteiger partial charge in [-0.1, -0.05) is 30.3 Å². The number of carbonyl (C=O) groups excluding carboxylic acids is 1. The summed E-state index contributed by atoms with van der Waals surface area (Å²) in [6.07, 6.45) is 1.33. The molecule has 1 aromatic carbocycles. The summed E-state index contributed by atoms with van der Waals surface area (Å²) in [7, 11) is 1.37. The summed E-state index contributed by atoms with van der Waals surface area (Å²) < 4.78 is 15.8. The van der Waals surface area contributed by atoms with Crippen molar-refractivity contribution < 1.29 is 19.0 Å². The molecule has 2 rings (SSSR count). The van der Waals surface area contributed by atoms with E-state index in [1.165, 1.54) is 7.11 Å². The molecule has 0 N–H and O–H groups in total. The van der Waals surface area contributed by atoms with Crippen LogP contribution in [0.2, 0.25) is 0 Å². The van der Waals surface area contributed by atoms with E-state index in [2.05, 4.69) is 0 Å². The van der Waals surface area contributed by atoms with Crippen molar-refractivity contribution in [3.8, 4) is 0 Å². The molecule has 1 heterocycles. The number of allylic oxidation sites excluding steroid dienone is 1. The van der Waals surface area contributed by atoms with E-state index < -0.39 is 6.29 Å². The topological polar surface area (TPSA) is 44.8 Å². The molecule has 0 bridgehead atoms. The van der Waals surface area contributed by atoms with Gasteiger partial charge in [-0.15, -0.1) is 0 Å². The first-order valence-corrected chi connectivity index (χ1v) is 5.85. The molecule has 0 amide bonds. The van der Waals surface area contributed by atoms with E-state index in [0.717, 1.165) is 11.1 Å². The van der Waals surface area contributed by atoms with Crippen LogP contribution in [0, 0.1) is 0 Å². The van der Waals surface area contributed by atoms with Gasteiger partial charge in [0.1, 0.15) is 0 Å². The molecule has 0 saturated carbocycles. The molecule has 96 valence electrons. The van der Waals surface area contributed by atoms with Crippen LogP contribution in [0.5, 0.6) is 0 Å². The minimum Gasteiger partial charge on any atom is -0.465 e. The second-order valence-electron chi connectivity index (χ2n) is 3.85. The fourth-order valence-corrected chi connectivity index (χ4v) is 1.98. The van der Waals surface area contributed by atoms with Crippen molar-refractivity contribution in [3.05, 3.63) is 41.5 Å². The van der Waals surface area contributed by atoms with Crippen LogP contribution in [0.25, 0.3) is 5.57 Å². The molecule has 0 unspecified atom stereocenters. The number of benzene rings is 1. The largest absolute Gasteiger partial charge is 0.465 e. The monoisotopic (exact) mass is 248 g/mol. The lowest BCUT2D eigenvalue weighted by molar-refractivity contribution is -0.133. The Balaban J connectivity index is 2.40. The summed E-state index contributed by atoms with van der Waals surface area (Å²) in [5, 5.41) is 0. The van der Waals surface area contributed by atoms with Crippen LogP contribution < -0.4 is 0 Å². The van der Waals surface area contributed by atoms with Crippen molar-refractivity contribution in [2.75, 3.05) is 20.3 Å². The first-order valence-electron chi connectivity index (χ1n) is 5.85. The summed E-state index contributed by atoms with van der Waals surface area (Å²) in [6.45, 7) is 2.95. The number of esters is 1. The van der Waals surface area contributed by atoms with Crippen LogP contribution >= 0.6 is 0 Å². The standard InChI is InChI=1S/C14H16O4/c1-3-10(13(15)16-2)11-6-4-5-7-12(11)14-17-8-9-18-14/h3-7,14H,8-9H2,1-2H3. The van der Waals surface area contributed by atoms with Crippen molar-refractivity contribution in [1.82, 2.24) is 0 Å². The first kappa shape index (κ1) is 12.8. The molecule has 0 radical (unpaired) electrons. The van der Waals surface area contributed by atoms with E-state index in [9.17, 15) is 4.79 Å². The van der Waals surface area contributed by atoms with Crippen LogP contribution in [0.3, 0.4) is 0 Å². The van der Waals surface area contributed by atoms with Crippen LogP contribution in [0.4, 0.5) is 0 Å². The normalized spacial score (nSPS) is 16.9. The van der Waals surface area contributed by atoms with Gasteiger partial charge in [0.15, 0.2) is 6.29 Å². The molecule has 4 heteroatoms. The van der Waals surface area contributed by atoms with Crippen molar-refractivity contribution in [2.45, 2.75) is 13.2 Å². The Morgan fingerprint density at radius 1 is 1.33 bits per heavy atom. The zero-order valence-electron chi connectivity index (χ0n) is 10.5. The van der Waals surface area contributed by atoms with Gasteiger partial charge in [0.05, 0.1) is 25.9 Å². The number of ether oxygens (including phenoxy) is 3. The lowest BCUT2D eigenvalue weighted by Gasteiger charge is -2.15. The van der Waals surface area contributed by atoms with Gasteiger partial charge >= 0.3 is 5.97 Å². The van der Waals surface area contributed by atoms with Gasteiger partial charge < -0.3 is 14.2 Å². The van der Waals surface area contributed by atoms with E-state index >= 15 is 0 Å². The summed E-state index contributed by atoms with van der Waals surface area (Å²) >= 11 is 0. The van der Waals surface area contributed by atoms with Gasteiger partial charge in [-0.25, -0.2) is 4.79 Å². The van der Waals surface area contributed by atoms with Crippen molar-refractivity contribution in [2.24, 2.45) is 0 Å². The third kappa shape index (κ3) is 2.44. The highest BCUT2D eigenvalue weighted by Crippen LogP contribution is 2.30. The Morgan fingerprint density at radius 3 is 2.61 bits per heavy atom. The van der Waals surface area contributed by atoms with Gasteiger partial charge in [0.25, 0.3) is 0 Å². The van der Waals surface area contributed by atoms with E-state index in [-0.39, 0.29) is 5.97 Å². The molecule has 1 fully saturated rings. The lowest BCUT2D eigenvalue weighted by Crippen LogP contribution is -2.09. The molecule has 0 aliphatic carbocycles. The quantitative estimate of drug-likeness (QED) is 0.608. The SMILES string of the molecule is CC=C(C(=O)OC)c1ccccc1C1OCCO1. The van der Waals surface area contributed by atoms with Gasteiger partial charge in [-0.3, -0.25) is 0 Å². The predicted octanol–water partition coefficient (Wildman–Crippen LogP) is 2.31. The molecule has 0 aromatic heterocycles. The molecule has 0 atom stereocenters. The van der Waals surface area contributed by atoms with E-state index in [4.69, 9.17) is 14.2 Å². The minimum atomic E-state index is -0.402. The number of carbonyl (C=O) groups is 1. The van der Waals surface area contributed by atoms with E-state index in [1.54, 1.807) is 13.0 Å². The van der Waals surface area contributed by atoms with Crippen LogP contribution in [0.15, 0.2) is 30.3 Å². The average Bonchev–Trinajstić information content (AvgIpc) is 2.94. The van der Waals surface area contributed by atoms with Crippen LogP contribution in [0.1, 0.15) is 24.3 Å². The summed E-state index contributed by atoms with van der Waals surface area (Å²) in [4.78, 5) is 11.7. The summed E-state index contributed by atoms with van der Waals surface area (Å²) in [6, 6.07) is 7.54. The second-order valence-corrected chi connectivity index (χ2v) is 3.85. The van der Waals surface area contributed by atoms with E-state index in [1.807, 2.05) is 24.3 Å². The fraction of sp³-hybridized carbons (Fsp3) is 0.357.